The summed E-state index contributed by atoms with van der Waals surface area (Å²) >= 11 is 5.80. The number of halogens is 1. The Morgan fingerprint density at radius 3 is 2.91 bits per heavy atom. The minimum Gasteiger partial charge on any atom is -0.480 e. The van der Waals surface area contributed by atoms with E-state index in [1.54, 1.807) is 23.0 Å². The second-order valence-corrected chi connectivity index (χ2v) is 5.91. The van der Waals surface area contributed by atoms with E-state index in [9.17, 15) is 14.7 Å². The van der Waals surface area contributed by atoms with Crippen molar-refractivity contribution in [3.63, 3.8) is 0 Å². The van der Waals surface area contributed by atoms with E-state index in [2.05, 4.69) is 5.10 Å². The topological polar surface area (TPSA) is 88.6 Å². The number of aliphatic carboxylic acids is 1. The SMILES string of the molecule is O=C(O)C1CCCCN1C(=O)c1ccc(Cn2cc(Cl)cn2)o1. The van der Waals surface area contributed by atoms with Gasteiger partial charge >= 0.3 is 5.97 Å². The number of amides is 1. The molecule has 3 heterocycles. The zero-order valence-corrected chi connectivity index (χ0v) is 13.1. The highest BCUT2D eigenvalue weighted by molar-refractivity contribution is 6.30. The number of piperidine rings is 1. The summed E-state index contributed by atoms with van der Waals surface area (Å²) in [5.74, 6) is -0.665. The Morgan fingerprint density at radius 1 is 1.39 bits per heavy atom. The molecule has 1 amide bonds. The molecule has 1 saturated heterocycles. The van der Waals surface area contributed by atoms with Crippen LogP contribution in [0.3, 0.4) is 0 Å². The van der Waals surface area contributed by atoms with Crippen LogP contribution < -0.4 is 0 Å². The van der Waals surface area contributed by atoms with Gasteiger partial charge in [0.2, 0.25) is 0 Å². The highest BCUT2D eigenvalue weighted by Crippen LogP contribution is 2.21. The summed E-state index contributed by atoms with van der Waals surface area (Å²) in [6.45, 7) is 0.781. The molecule has 2 aromatic heterocycles. The van der Waals surface area contributed by atoms with E-state index in [1.807, 2.05) is 0 Å². The van der Waals surface area contributed by atoms with Crippen LogP contribution in [0.25, 0.3) is 0 Å². The van der Waals surface area contributed by atoms with E-state index in [0.29, 0.717) is 30.3 Å². The number of furan rings is 1. The summed E-state index contributed by atoms with van der Waals surface area (Å²) in [7, 11) is 0. The minimum atomic E-state index is -0.976. The number of likely N-dealkylation sites (tertiary alicyclic amines) is 1. The van der Waals surface area contributed by atoms with Crippen LogP contribution in [-0.2, 0) is 11.3 Å². The summed E-state index contributed by atoms with van der Waals surface area (Å²) in [5, 5.41) is 13.8. The normalized spacial score (nSPS) is 18.1. The Morgan fingerprint density at radius 2 is 2.22 bits per heavy atom. The molecular weight excluding hydrogens is 322 g/mol. The van der Waals surface area contributed by atoms with E-state index in [1.165, 1.54) is 11.1 Å². The molecule has 2 aromatic rings. The third kappa shape index (κ3) is 3.39. The number of carbonyl (C=O) groups excluding carboxylic acids is 1. The number of carbonyl (C=O) groups is 2. The number of rotatable bonds is 4. The second kappa shape index (κ2) is 6.45. The van der Waals surface area contributed by atoms with Crippen molar-refractivity contribution in [3.05, 3.63) is 41.1 Å². The van der Waals surface area contributed by atoms with Crippen LogP contribution in [0, 0.1) is 0 Å². The van der Waals surface area contributed by atoms with Crippen LogP contribution in [0.4, 0.5) is 0 Å². The van der Waals surface area contributed by atoms with Gasteiger partial charge in [0.15, 0.2) is 5.76 Å². The van der Waals surface area contributed by atoms with Crippen LogP contribution >= 0.6 is 11.6 Å². The van der Waals surface area contributed by atoms with Gasteiger partial charge in [0, 0.05) is 12.7 Å². The van der Waals surface area contributed by atoms with E-state index in [4.69, 9.17) is 16.0 Å². The summed E-state index contributed by atoms with van der Waals surface area (Å²) in [6.07, 6.45) is 5.25. The zero-order valence-electron chi connectivity index (χ0n) is 12.3. The van der Waals surface area contributed by atoms with Crippen molar-refractivity contribution in [2.24, 2.45) is 0 Å². The zero-order chi connectivity index (χ0) is 16.4. The lowest BCUT2D eigenvalue weighted by molar-refractivity contribution is -0.143. The monoisotopic (exact) mass is 337 g/mol. The summed E-state index contributed by atoms with van der Waals surface area (Å²) in [5.41, 5.74) is 0. The fourth-order valence-corrected chi connectivity index (χ4v) is 2.89. The molecule has 8 heteroatoms. The van der Waals surface area contributed by atoms with E-state index in [0.717, 1.165) is 12.8 Å². The van der Waals surface area contributed by atoms with Crippen molar-refractivity contribution < 1.29 is 19.1 Å². The summed E-state index contributed by atoms with van der Waals surface area (Å²) < 4.78 is 7.15. The van der Waals surface area contributed by atoms with Crippen LogP contribution in [0.5, 0.6) is 0 Å². The Hall–Kier alpha value is -2.28. The predicted octanol–water partition coefficient (Wildman–Crippen LogP) is 2.26. The third-order valence-electron chi connectivity index (χ3n) is 3.84. The lowest BCUT2D eigenvalue weighted by Crippen LogP contribution is -2.47. The van der Waals surface area contributed by atoms with Gasteiger partial charge in [-0.1, -0.05) is 11.6 Å². The average molecular weight is 338 g/mol. The largest absolute Gasteiger partial charge is 0.480 e. The minimum absolute atomic E-state index is 0.145. The Kier molecular flexibility index (Phi) is 4.38. The molecule has 7 nitrogen and oxygen atoms in total. The van der Waals surface area contributed by atoms with Gasteiger partial charge < -0.3 is 14.4 Å². The van der Waals surface area contributed by atoms with Crippen molar-refractivity contribution in [1.29, 1.82) is 0 Å². The standard InChI is InChI=1S/C15H16ClN3O4/c16-10-7-17-18(8-10)9-11-4-5-13(23-11)14(20)19-6-2-1-3-12(19)15(21)22/h4-5,7-8,12H,1-3,6,9H2,(H,21,22). The summed E-state index contributed by atoms with van der Waals surface area (Å²) in [4.78, 5) is 25.2. The fourth-order valence-electron chi connectivity index (χ4n) is 2.74. The van der Waals surface area contributed by atoms with Crippen LogP contribution in [-0.4, -0.2) is 44.3 Å². The molecule has 0 bridgehead atoms. The first-order valence-corrected chi connectivity index (χ1v) is 7.73. The maximum absolute atomic E-state index is 12.5. The average Bonchev–Trinajstić information content (AvgIpc) is 3.16. The quantitative estimate of drug-likeness (QED) is 0.924. The van der Waals surface area contributed by atoms with Gasteiger partial charge in [-0.25, -0.2) is 4.79 Å². The lowest BCUT2D eigenvalue weighted by Gasteiger charge is -2.32. The highest BCUT2D eigenvalue weighted by atomic mass is 35.5. The first kappa shape index (κ1) is 15.6. The third-order valence-corrected chi connectivity index (χ3v) is 4.04. The molecule has 0 spiro atoms. The molecule has 1 unspecified atom stereocenters. The van der Waals surface area contributed by atoms with Crippen molar-refractivity contribution in [3.8, 4) is 0 Å². The van der Waals surface area contributed by atoms with Gasteiger partial charge in [-0.2, -0.15) is 5.10 Å². The van der Waals surface area contributed by atoms with Crippen molar-refractivity contribution in [1.82, 2.24) is 14.7 Å². The number of hydrogen-bond acceptors (Lipinski definition) is 4. The van der Waals surface area contributed by atoms with Crippen LogP contribution in [0.1, 0.15) is 35.6 Å². The molecule has 1 aliphatic heterocycles. The van der Waals surface area contributed by atoms with Crippen LogP contribution in [0.15, 0.2) is 28.9 Å². The molecule has 3 rings (SSSR count). The molecule has 0 aliphatic carbocycles. The molecule has 0 aromatic carbocycles. The summed E-state index contributed by atoms with van der Waals surface area (Å²) in [6, 6.07) is 2.47. The molecule has 23 heavy (non-hydrogen) atoms. The maximum atomic E-state index is 12.5. The number of carboxylic acid groups (broad SMARTS) is 1. The Labute approximate surface area is 137 Å². The maximum Gasteiger partial charge on any atom is 0.326 e. The lowest BCUT2D eigenvalue weighted by atomic mass is 10.0. The Balaban J connectivity index is 1.73. The molecule has 1 atom stereocenters. The molecular formula is C15H16ClN3O4. The molecule has 1 fully saturated rings. The van der Waals surface area contributed by atoms with Crippen LogP contribution in [0.2, 0.25) is 5.02 Å². The van der Waals surface area contributed by atoms with E-state index >= 15 is 0 Å². The predicted molar refractivity (Wildman–Crippen MR) is 81.4 cm³/mol. The van der Waals surface area contributed by atoms with Crippen molar-refractivity contribution >= 4 is 23.5 Å². The van der Waals surface area contributed by atoms with Gasteiger partial charge in [0.25, 0.3) is 5.91 Å². The number of carboxylic acids is 1. The molecule has 0 radical (unpaired) electrons. The van der Waals surface area contributed by atoms with E-state index < -0.39 is 12.0 Å². The van der Waals surface area contributed by atoms with Crippen molar-refractivity contribution in [2.75, 3.05) is 6.54 Å². The fraction of sp³-hybridized carbons (Fsp3) is 0.400. The van der Waals surface area contributed by atoms with Gasteiger partial charge in [0.05, 0.1) is 17.8 Å². The van der Waals surface area contributed by atoms with Crippen molar-refractivity contribution in [2.45, 2.75) is 31.8 Å². The number of aromatic nitrogens is 2. The molecule has 122 valence electrons. The number of hydrogen-bond donors (Lipinski definition) is 1. The number of nitrogens with zero attached hydrogens (tertiary/aromatic N) is 3. The van der Waals surface area contributed by atoms with Gasteiger partial charge in [-0.15, -0.1) is 0 Å². The van der Waals surface area contributed by atoms with E-state index in [-0.39, 0.29) is 11.7 Å². The van der Waals surface area contributed by atoms with Gasteiger partial charge in [-0.05, 0) is 31.4 Å². The highest BCUT2D eigenvalue weighted by Gasteiger charge is 2.33. The molecule has 1 aliphatic rings. The molecule has 1 N–H and O–H groups in total. The van der Waals surface area contributed by atoms with Gasteiger partial charge in [-0.3, -0.25) is 9.48 Å². The smallest absolute Gasteiger partial charge is 0.326 e. The second-order valence-electron chi connectivity index (χ2n) is 5.47. The van der Waals surface area contributed by atoms with Gasteiger partial charge in [0.1, 0.15) is 11.8 Å². The first-order valence-electron chi connectivity index (χ1n) is 7.35. The molecule has 0 saturated carbocycles. The Bertz CT molecular complexity index is 724. The first-order chi connectivity index (χ1) is 11.0.